The summed E-state index contributed by atoms with van der Waals surface area (Å²) in [5.41, 5.74) is 1.02. The predicted octanol–water partition coefficient (Wildman–Crippen LogP) is 0.235. The van der Waals surface area contributed by atoms with Crippen LogP contribution in [0, 0.1) is 0 Å². The van der Waals surface area contributed by atoms with E-state index in [0.717, 1.165) is 11.3 Å². The minimum Gasteiger partial charge on any atom is -0.497 e. The fraction of sp³-hybridized carbons (Fsp3) is 0.462. The Kier molecular flexibility index (Phi) is 6.18. The highest BCUT2D eigenvalue weighted by molar-refractivity contribution is 5.77. The molecule has 0 fully saturated rings. The molecule has 0 saturated heterocycles. The maximum atomic E-state index is 11.6. The van der Waals surface area contributed by atoms with E-state index >= 15 is 0 Å². The van der Waals surface area contributed by atoms with E-state index in [9.17, 15) is 4.79 Å². The van der Waals surface area contributed by atoms with Crippen LogP contribution >= 0.6 is 0 Å². The minimum atomic E-state index is -0.0539. The number of benzene rings is 1. The van der Waals surface area contributed by atoms with Gasteiger partial charge in [-0.3, -0.25) is 9.69 Å². The zero-order valence-corrected chi connectivity index (χ0v) is 10.8. The number of nitrogens with zero attached hydrogens (tertiary/aromatic N) is 1. The fourth-order valence-electron chi connectivity index (χ4n) is 1.49. The first-order valence-corrected chi connectivity index (χ1v) is 5.84. The van der Waals surface area contributed by atoms with Crippen molar-refractivity contribution in [2.45, 2.75) is 6.54 Å². The third kappa shape index (κ3) is 5.16. The van der Waals surface area contributed by atoms with Crippen LogP contribution in [-0.4, -0.2) is 49.8 Å². The maximum absolute atomic E-state index is 11.6. The zero-order valence-electron chi connectivity index (χ0n) is 10.8. The number of likely N-dealkylation sites (N-methyl/N-ethyl adjacent to an activating group) is 1. The molecule has 0 atom stereocenters. The molecule has 0 aliphatic heterocycles. The normalized spacial score (nSPS) is 10.4. The second kappa shape index (κ2) is 7.68. The molecular weight excluding hydrogens is 232 g/mol. The fourth-order valence-corrected chi connectivity index (χ4v) is 1.49. The molecule has 5 nitrogen and oxygen atoms in total. The number of rotatable bonds is 7. The summed E-state index contributed by atoms with van der Waals surface area (Å²) in [5, 5.41) is 11.5. The molecule has 18 heavy (non-hydrogen) atoms. The van der Waals surface area contributed by atoms with E-state index in [4.69, 9.17) is 9.84 Å². The van der Waals surface area contributed by atoms with Crippen molar-refractivity contribution in [2.75, 3.05) is 33.9 Å². The Hall–Kier alpha value is -1.59. The Morgan fingerprint density at radius 3 is 2.61 bits per heavy atom. The lowest BCUT2D eigenvalue weighted by molar-refractivity contribution is -0.122. The molecule has 0 unspecified atom stereocenters. The molecule has 100 valence electrons. The van der Waals surface area contributed by atoms with E-state index in [2.05, 4.69) is 5.32 Å². The van der Waals surface area contributed by atoms with E-state index in [1.807, 2.05) is 24.3 Å². The van der Waals surface area contributed by atoms with Gasteiger partial charge in [0.25, 0.3) is 0 Å². The van der Waals surface area contributed by atoms with E-state index in [1.54, 1.807) is 19.1 Å². The average Bonchev–Trinajstić information content (AvgIpc) is 2.37. The van der Waals surface area contributed by atoms with E-state index in [0.29, 0.717) is 13.1 Å². The van der Waals surface area contributed by atoms with E-state index in [1.165, 1.54) is 0 Å². The molecule has 5 heteroatoms. The van der Waals surface area contributed by atoms with Crippen molar-refractivity contribution >= 4 is 5.91 Å². The van der Waals surface area contributed by atoms with Gasteiger partial charge in [0.2, 0.25) is 5.91 Å². The summed E-state index contributed by atoms with van der Waals surface area (Å²) in [6, 6.07) is 7.55. The first-order chi connectivity index (χ1) is 8.65. The Bertz CT molecular complexity index is 365. The van der Waals surface area contributed by atoms with Crippen LogP contribution in [0.4, 0.5) is 0 Å². The first-order valence-electron chi connectivity index (χ1n) is 5.84. The maximum Gasteiger partial charge on any atom is 0.234 e. The van der Waals surface area contributed by atoms with Gasteiger partial charge in [-0.1, -0.05) is 12.1 Å². The number of carbonyl (C=O) groups is 1. The predicted molar refractivity (Wildman–Crippen MR) is 69.4 cm³/mol. The summed E-state index contributed by atoms with van der Waals surface area (Å²) in [4.78, 5) is 13.3. The summed E-state index contributed by atoms with van der Waals surface area (Å²) >= 11 is 0. The molecular formula is C13H20N2O3. The van der Waals surface area contributed by atoms with Crippen LogP contribution in [0.5, 0.6) is 5.75 Å². The van der Waals surface area contributed by atoms with Crippen molar-refractivity contribution in [3.8, 4) is 5.75 Å². The largest absolute Gasteiger partial charge is 0.497 e. The van der Waals surface area contributed by atoms with Crippen molar-refractivity contribution in [3.63, 3.8) is 0 Å². The topological polar surface area (TPSA) is 61.8 Å². The summed E-state index contributed by atoms with van der Waals surface area (Å²) in [7, 11) is 3.41. The number of hydrogen-bond donors (Lipinski definition) is 2. The molecule has 0 spiro atoms. The SMILES string of the molecule is COc1ccc(CNC(=O)CN(C)CCO)cc1. The lowest BCUT2D eigenvalue weighted by atomic mass is 10.2. The third-order valence-corrected chi connectivity index (χ3v) is 2.54. The van der Waals surface area contributed by atoms with Crippen LogP contribution in [0.3, 0.4) is 0 Å². The number of amides is 1. The summed E-state index contributed by atoms with van der Waals surface area (Å²) in [6.07, 6.45) is 0. The molecule has 1 aromatic rings. The van der Waals surface area contributed by atoms with Gasteiger partial charge in [0.1, 0.15) is 5.75 Å². The molecule has 0 aliphatic rings. The molecule has 0 radical (unpaired) electrons. The van der Waals surface area contributed by atoms with E-state index < -0.39 is 0 Å². The number of aliphatic hydroxyl groups is 1. The summed E-state index contributed by atoms with van der Waals surface area (Å²) in [6.45, 7) is 1.34. The highest BCUT2D eigenvalue weighted by Gasteiger charge is 2.05. The second-order valence-electron chi connectivity index (χ2n) is 4.09. The average molecular weight is 252 g/mol. The third-order valence-electron chi connectivity index (χ3n) is 2.54. The molecule has 0 heterocycles. The highest BCUT2D eigenvalue weighted by atomic mass is 16.5. The van der Waals surface area contributed by atoms with Gasteiger partial charge in [0.05, 0.1) is 20.3 Å². The van der Waals surface area contributed by atoms with Gasteiger partial charge in [-0.05, 0) is 24.7 Å². The van der Waals surface area contributed by atoms with Crippen LogP contribution in [0.25, 0.3) is 0 Å². The van der Waals surface area contributed by atoms with Crippen LogP contribution < -0.4 is 10.1 Å². The minimum absolute atomic E-state index is 0.0539. The molecule has 1 amide bonds. The van der Waals surface area contributed by atoms with Crippen LogP contribution in [0.1, 0.15) is 5.56 Å². The first kappa shape index (κ1) is 14.5. The molecule has 2 N–H and O–H groups in total. The molecule has 1 aromatic carbocycles. The Labute approximate surface area is 107 Å². The van der Waals surface area contributed by atoms with Gasteiger partial charge in [0, 0.05) is 13.1 Å². The quantitative estimate of drug-likeness (QED) is 0.729. The number of ether oxygens (including phenoxy) is 1. The van der Waals surface area contributed by atoms with Crippen LogP contribution in [0.2, 0.25) is 0 Å². The van der Waals surface area contributed by atoms with Gasteiger partial charge in [-0.2, -0.15) is 0 Å². The molecule has 0 saturated carbocycles. The number of nitrogens with one attached hydrogen (secondary N) is 1. The molecule has 0 bridgehead atoms. The number of methoxy groups -OCH3 is 1. The zero-order chi connectivity index (χ0) is 13.4. The van der Waals surface area contributed by atoms with Gasteiger partial charge in [-0.25, -0.2) is 0 Å². The smallest absolute Gasteiger partial charge is 0.234 e. The molecule has 0 aliphatic carbocycles. The van der Waals surface area contributed by atoms with Crippen molar-refractivity contribution in [1.29, 1.82) is 0 Å². The van der Waals surface area contributed by atoms with Gasteiger partial charge < -0.3 is 15.2 Å². The van der Waals surface area contributed by atoms with Gasteiger partial charge in [0.15, 0.2) is 0 Å². The van der Waals surface area contributed by atoms with Gasteiger partial charge >= 0.3 is 0 Å². The number of carbonyl (C=O) groups excluding carboxylic acids is 1. The summed E-state index contributed by atoms with van der Waals surface area (Å²) < 4.78 is 5.06. The second-order valence-corrected chi connectivity index (χ2v) is 4.09. The lowest BCUT2D eigenvalue weighted by Crippen LogP contribution is -2.36. The molecule has 0 aromatic heterocycles. The van der Waals surface area contributed by atoms with Crippen molar-refractivity contribution in [1.82, 2.24) is 10.2 Å². The summed E-state index contributed by atoms with van der Waals surface area (Å²) in [5.74, 6) is 0.745. The van der Waals surface area contributed by atoms with Crippen molar-refractivity contribution < 1.29 is 14.6 Å². The monoisotopic (exact) mass is 252 g/mol. The lowest BCUT2D eigenvalue weighted by Gasteiger charge is -2.14. The van der Waals surface area contributed by atoms with Gasteiger partial charge in [-0.15, -0.1) is 0 Å². The van der Waals surface area contributed by atoms with Crippen molar-refractivity contribution in [3.05, 3.63) is 29.8 Å². The Morgan fingerprint density at radius 1 is 1.39 bits per heavy atom. The Balaban J connectivity index is 2.33. The van der Waals surface area contributed by atoms with Crippen LogP contribution in [-0.2, 0) is 11.3 Å². The number of aliphatic hydroxyl groups excluding tert-OH is 1. The molecule has 1 rings (SSSR count). The standard InChI is InChI=1S/C13H20N2O3/c1-15(7-8-16)10-13(17)14-9-11-3-5-12(18-2)6-4-11/h3-6,16H,7-10H2,1-2H3,(H,14,17). The highest BCUT2D eigenvalue weighted by Crippen LogP contribution is 2.10. The van der Waals surface area contributed by atoms with Crippen molar-refractivity contribution in [2.24, 2.45) is 0 Å². The number of hydrogen-bond acceptors (Lipinski definition) is 4. The Morgan fingerprint density at radius 2 is 2.06 bits per heavy atom. The van der Waals surface area contributed by atoms with E-state index in [-0.39, 0.29) is 19.1 Å². The van der Waals surface area contributed by atoms with Crippen LogP contribution in [0.15, 0.2) is 24.3 Å².